The lowest BCUT2D eigenvalue weighted by Gasteiger charge is -2.01. The average Bonchev–Trinajstić information content (AvgIpc) is 2.15. The summed E-state index contributed by atoms with van der Waals surface area (Å²) in [6.45, 7) is 0. The summed E-state index contributed by atoms with van der Waals surface area (Å²) < 4.78 is 17.5. The fourth-order valence-corrected chi connectivity index (χ4v) is 0.893. The number of methoxy groups -OCH3 is 1. The molecule has 5 heteroatoms. The van der Waals surface area contributed by atoms with Crippen molar-refractivity contribution in [2.45, 2.75) is 0 Å². The van der Waals surface area contributed by atoms with Gasteiger partial charge in [-0.05, 0) is 12.1 Å². The third kappa shape index (κ3) is 2.55. The molecule has 4 nitrogen and oxygen atoms in total. The quantitative estimate of drug-likeness (QED) is 0.742. The highest BCUT2D eigenvalue weighted by Gasteiger charge is 2.03. The zero-order chi connectivity index (χ0) is 10.6. The van der Waals surface area contributed by atoms with Crippen molar-refractivity contribution in [1.82, 2.24) is 4.98 Å². The van der Waals surface area contributed by atoms with Gasteiger partial charge in [0.05, 0.1) is 13.3 Å². The summed E-state index contributed by atoms with van der Waals surface area (Å²) in [6, 6.07) is 1.14. The van der Waals surface area contributed by atoms with Crippen LogP contribution >= 0.6 is 0 Å². The fourth-order valence-electron chi connectivity index (χ4n) is 0.893. The molecule has 0 bridgehead atoms. The van der Waals surface area contributed by atoms with Gasteiger partial charge in [-0.1, -0.05) is 0 Å². The summed E-state index contributed by atoms with van der Waals surface area (Å²) in [6.07, 6.45) is 3.10. The number of carboxylic acid groups (broad SMARTS) is 1. The van der Waals surface area contributed by atoms with Crippen LogP contribution in [0.4, 0.5) is 4.39 Å². The first kappa shape index (κ1) is 10.2. The van der Waals surface area contributed by atoms with Crippen molar-refractivity contribution in [2.24, 2.45) is 0 Å². The molecule has 0 spiro atoms. The van der Waals surface area contributed by atoms with E-state index >= 15 is 0 Å². The van der Waals surface area contributed by atoms with E-state index in [2.05, 4.69) is 4.98 Å². The maximum Gasteiger partial charge on any atom is 0.328 e. The van der Waals surface area contributed by atoms with Crippen LogP contribution in [-0.4, -0.2) is 23.2 Å². The van der Waals surface area contributed by atoms with Crippen LogP contribution in [0.2, 0.25) is 0 Å². The first-order chi connectivity index (χ1) is 6.63. The van der Waals surface area contributed by atoms with Gasteiger partial charge < -0.3 is 9.84 Å². The van der Waals surface area contributed by atoms with E-state index < -0.39 is 11.8 Å². The van der Waals surface area contributed by atoms with Gasteiger partial charge >= 0.3 is 5.97 Å². The van der Waals surface area contributed by atoms with Gasteiger partial charge in [-0.25, -0.2) is 14.2 Å². The van der Waals surface area contributed by atoms with Crippen molar-refractivity contribution in [1.29, 1.82) is 0 Å². The third-order valence-corrected chi connectivity index (χ3v) is 1.44. The second-order valence-corrected chi connectivity index (χ2v) is 2.42. The standard InChI is InChI=1S/C9H8FNO3/c1-14-9-6(2-3-8(12)13)4-7(10)5-11-9/h2-5H,1H3,(H,12,13). The van der Waals surface area contributed by atoms with Gasteiger partial charge in [0, 0.05) is 11.6 Å². The number of ether oxygens (including phenoxy) is 1. The third-order valence-electron chi connectivity index (χ3n) is 1.44. The molecule has 0 fully saturated rings. The van der Waals surface area contributed by atoms with E-state index in [1.54, 1.807) is 0 Å². The molecule has 0 aliphatic heterocycles. The van der Waals surface area contributed by atoms with E-state index in [0.717, 1.165) is 18.3 Å². The van der Waals surface area contributed by atoms with E-state index in [-0.39, 0.29) is 11.4 Å². The number of rotatable bonds is 3. The van der Waals surface area contributed by atoms with E-state index in [1.807, 2.05) is 0 Å². The van der Waals surface area contributed by atoms with Crippen molar-refractivity contribution in [3.8, 4) is 5.88 Å². The number of halogens is 1. The molecule has 1 heterocycles. The van der Waals surface area contributed by atoms with Crippen molar-refractivity contribution in [3.05, 3.63) is 29.7 Å². The Morgan fingerprint density at radius 2 is 2.43 bits per heavy atom. The lowest BCUT2D eigenvalue weighted by atomic mass is 10.2. The monoisotopic (exact) mass is 197 g/mol. The van der Waals surface area contributed by atoms with Crippen LogP contribution in [0.3, 0.4) is 0 Å². The molecule has 0 saturated heterocycles. The Morgan fingerprint density at radius 3 is 3.00 bits per heavy atom. The highest BCUT2D eigenvalue weighted by atomic mass is 19.1. The van der Waals surface area contributed by atoms with Crippen LogP contribution < -0.4 is 4.74 Å². The van der Waals surface area contributed by atoms with E-state index in [0.29, 0.717) is 0 Å². The van der Waals surface area contributed by atoms with Crippen molar-refractivity contribution in [2.75, 3.05) is 7.11 Å². The number of aromatic nitrogens is 1. The smallest absolute Gasteiger partial charge is 0.328 e. The highest BCUT2D eigenvalue weighted by molar-refractivity contribution is 5.85. The van der Waals surface area contributed by atoms with E-state index in [9.17, 15) is 9.18 Å². The lowest BCUT2D eigenvalue weighted by Crippen LogP contribution is -1.93. The number of pyridine rings is 1. The molecule has 0 radical (unpaired) electrons. The fraction of sp³-hybridized carbons (Fsp3) is 0.111. The van der Waals surface area contributed by atoms with Crippen molar-refractivity contribution >= 4 is 12.0 Å². The predicted molar refractivity (Wildman–Crippen MR) is 47.4 cm³/mol. The molecule has 1 aromatic rings. The van der Waals surface area contributed by atoms with Gasteiger partial charge in [-0.15, -0.1) is 0 Å². The number of nitrogens with zero attached hydrogens (tertiary/aromatic N) is 1. The van der Waals surface area contributed by atoms with Gasteiger partial charge in [0.1, 0.15) is 5.82 Å². The highest BCUT2D eigenvalue weighted by Crippen LogP contribution is 2.16. The summed E-state index contributed by atoms with van der Waals surface area (Å²) >= 11 is 0. The van der Waals surface area contributed by atoms with E-state index in [1.165, 1.54) is 13.2 Å². The normalized spacial score (nSPS) is 10.4. The minimum Gasteiger partial charge on any atom is -0.481 e. The van der Waals surface area contributed by atoms with Gasteiger partial charge in [-0.3, -0.25) is 0 Å². The predicted octanol–water partition coefficient (Wildman–Crippen LogP) is 1.33. The van der Waals surface area contributed by atoms with Gasteiger partial charge in [0.15, 0.2) is 0 Å². The minimum atomic E-state index is -1.11. The number of hydrogen-bond donors (Lipinski definition) is 1. The molecule has 0 aliphatic carbocycles. The van der Waals surface area contributed by atoms with Crippen LogP contribution in [0, 0.1) is 5.82 Å². The summed E-state index contributed by atoms with van der Waals surface area (Å²) in [5.41, 5.74) is 0.287. The summed E-state index contributed by atoms with van der Waals surface area (Å²) in [7, 11) is 1.37. The second-order valence-electron chi connectivity index (χ2n) is 2.42. The molecular formula is C9H8FNO3. The maximum absolute atomic E-state index is 12.7. The van der Waals surface area contributed by atoms with Gasteiger partial charge in [0.2, 0.25) is 5.88 Å². The molecular weight excluding hydrogens is 189 g/mol. The van der Waals surface area contributed by atoms with Crippen LogP contribution in [0.1, 0.15) is 5.56 Å². The molecule has 1 N–H and O–H groups in total. The lowest BCUT2D eigenvalue weighted by molar-refractivity contribution is -0.131. The molecule has 0 saturated carbocycles. The van der Waals surface area contributed by atoms with Crippen LogP contribution in [0.15, 0.2) is 18.3 Å². The summed E-state index contributed by atoms with van der Waals surface area (Å²) in [5, 5.41) is 8.37. The topological polar surface area (TPSA) is 59.4 Å². The summed E-state index contributed by atoms with van der Waals surface area (Å²) in [4.78, 5) is 13.8. The van der Waals surface area contributed by atoms with Gasteiger partial charge in [-0.2, -0.15) is 0 Å². The first-order valence-corrected chi connectivity index (χ1v) is 3.74. The maximum atomic E-state index is 12.7. The molecule has 0 atom stereocenters. The Balaban J connectivity index is 3.04. The Bertz CT molecular complexity index is 376. The van der Waals surface area contributed by atoms with Crippen molar-refractivity contribution in [3.63, 3.8) is 0 Å². The SMILES string of the molecule is COc1ncc(F)cc1C=CC(=O)O. The molecule has 0 aromatic carbocycles. The largest absolute Gasteiger partial charge is 0.481 e. The average molecular weight is 197 g/mol. The molecule has 0 aliphatic rings. The minimum absolute atomic E-state index is 0.184. The Hall–Kier alpha value is -1.91. The first-order valence-electron chi connectivity index (χ1n) is 3.74. The second kappa shape index (κ2) is 4.36. The van der Waals surface area contributed by atoms with Crippen LogP contribution in [-0.2, 0) is 4.79 Å². The molecule has 74 valence electrons. The van der Waals surface area contributed by atoms with Gasteiger partial charge in [0.25, 0.3) is 0 Å². The number of carboxylic acids is 1. The molecule has 1 aromatic heterocycles. The molecule has 14 heavy (non-hydrogen) atoms. The molecule has 0 amide bonds. The van der Waals surface area contributed by atoms with Crippen LogP contribution in [0.5, 0.6) is 5.88 Å². The van der Waals surface area contributed by atoms with Crippen molar-refractivity contribution < 1.29 is 19.0 Å². The zero-order valence-corrected chi connectivity index (χ0v) is 7.40. The molecule has 1 rings (SSSR count). The number of aliphatic carboxylic acids is 1. The Kier molecular flexibility index (Phi) is 3.17. The summed E-state index contributed by atoms with van der Waals surface area (Å²) in [5.74, 6) is -1.48. The number of hydrogen-bond acceptors (Lipinski definition) is 3. The zero-order valence-electron chi connectivity index (χ0n) is 7.40. The Morgan fingerprint density at radius 1 is 1.71 bits per heavy atom. The van der Waals surface area contributed by atoms with Crippen LogP contribution in [0.25, 0.3) is 6.08 Å². The van der Waals surface area contributed by atoms with E-state index in [4.69, 9.17) is 9.84 Å². The number of carbonyl (C=O) groups is 1. The molecule has 0 unspecified atom stereocenters. The Labute approximate surface area is 79.7 Å².